The Balaban J connectivity index is 0.000000311. The Morgan fingerprint density at radius 1 is 0.724 bits per heavy atom. The summed E-state index contributed by atoms with van der Waals surface area (Å²) in [5.74, 6) is 0. The quantitative estimate of drug-likeness (QED) is 0.371. The van der Waals surface area contributed by atoms with Crippen molar-refractivity contribution in [2.75, 3.05) is 0 Å². The van der Waals surface area contributed by atoms with Crippen molar-refractivity contribution >= 4 is 30.2 Å². The summed E-state index contributed by atoms with van der Waals surface area (Å²) in [6, 6.07) is 12.2. The average molecular weight is 500 g/mol. The molecule has 0 spiro atoms. The number of hydrogen-bond acceptors (Lipinski definition) is 3. The summed E-state index contributed by atoms with van der Waals surface area (Å²) in [6.45, 7) is 0. The molecule has 0 heterocycles. The predicted molar refractivity (Wildman–Crippen MR) is 122 cm³/mol. The summed E-state index contributed by atoms with van der Waals surface area (Å²) < 4.78 is 0. The first-order valence-corrected chi connectivity index (χ1v) is 10.4. The van der Waals surface area contributed by atoms with Crippen LogP contribution in [0.1, 0.15) is 37.7 Å². The minimum Gasteiger partial charge on any atom is -0.784 e. The molecule has 1 aromatic carbocycles. The molecular weight excluding hydrogens is 474 g/mol. The molecule has 146 valence electrons. The summed E-state index contributed by atoms with van der Waals surface area (Å²) in [6.07, 6.45) is 25.1. The first-order valence-electron chi connectivity index (χ1n) is 9.58. The fourth-order valence-electron chi connectivity index (χ4n) is 3.12. The molecule has 0 atom stereocenters. The van der Waals surface area contributed by atoms with E-state index in [1.165, 1.54) is 6.42 Å². The third kappa shape index (κ3) is 9.08. The number of benzene rings is 1. The van der Waals surface area contributed by atoms with Crippen molar-refractivity contribution in [3.63, 3.8) is 0 Å². The van der Waals surface area contributed by atoms with Gasteiger partial charge in [0.05, 0.1) is 11.5 Å². The normalized spacial score (nSPS) is 20.5. The molecule has 0 amide bonds. The Morgan fingerprint density at radius 2 is 1.14 bits per heavy atom. The van der Waals surface area contributed by atoms with E-state index in [9.17, 15) is 5.26 Å². The van der Waals surface area contributed by atoms with Crippen LogP contribution >= 0.6 is 0 Å². The standard InChI is InChI=1S/C15H17NS2.2C5H5.Mo/c16-11-15(9-5-2-6-10-15)14(18)13(17)12-7-3-1-4-8-12;2*1-2-4-5-3-1;/h1,3-4,7-8,17-18H,2,5-6,9-10H2;2*1-5H;/q;;;+4/p-2/b14-13-;;;. The van der Waals surface area contributed by atoms with E-state index >= 15 is 0 Å². The molecule has 1 aromatic rings. The molecule has 0 bridgehead atoms. The largest absolute Gasteiger partial charge is 4.00 e. The molecule has 1 nitrogen and oxygen atoms in total. The van der Waals surface area contributed by atoms with E-state index in [0.29, 0.717) is 9.81 Å². The van der Waals surface area contributed by atoms with Crippen LogP contribution in [0, 0.1) is 81.0 Å². The summed E-state index contributed by atoms with van der Waals surface area (Å²) in [5.41, 5.74) is 0.457. The summed E-state index contributed by atoms with van der Waals surface area (Å²) in [5, 5.41) is 9.51. The summed E-state index contributed by atoms with van der Waals surface area (Å²) in [7, 11) is 0. The fourth-order valence-corrected chi connectivity index (χ4v) is 3.82. The van der Waals surface area contributed by atoms with Crippen molar-refractivity contribution in [3.05, 3.63) is 105 Å². The van der Waals surface area contributed by atoms with Crippen LogP contribution in [-0.4, -0.2) is 0 Å². The van der Waals surface area contributed by atoms with Gasteiger partial charge in [0.25, 0.3) is 0 Å². The molecule has 3 aliphatic rings. The third-order valence-corrected chi connectivity index (χ3v) is 5.87. The third-order valence-electron chi connectivity index (χ3n) is 4.71. The van der Waals surface area contributed by atoms with Crippen LogP contribution in [0.15, 0.2) is 35.2 Å². The second kappa shape index (κ2) is 15.4. The molecule has 0 saturated heterocycles. The van der Waals surface area contributed by atoms with E-state index < -0.39 is 5.41 Å². The Kier molecular flexibility index (Phi) is 14.1. The van der Waals surface area contributed by atoms with Gasteiger partial charge in [-0.15, -0.1) is 0 Å². The van der Waals surface area contributed by atoms with Crippen molar-refractivity contribution in [3.8, 4) is 6.07 Å². The van der Waals surface area contributed by atoms with E-state index in [0.717, 1.165) is 31.2 Å². The van der Waals surface area contributed by atoms with Crippen molar-refractivity contribution in [1.82, 2.24) is 0 Å². The van der Waals surface area contributed by atoms with Gasteiger partial charge in [0.1, 0.15) is 0 Å². The van der Waals surface area contributed by atoms with Gasteiger partial charge < -0.3 is 25.3 Å². The van der Waals surface area contributed by atoms with Gasteiger partial charge in [-0.05, 0) is 82.6 Å². The van der Waals surface area contributed by atoms with Gasteiger partial charge in [0, 0.05) is 0 Å². The maximum Gasteiger partial charge on any atom is 4.00 e. The van der Waals surface area contributed by atoms with Crippen LogP contribution in [0.2, 0.25) is 0 Å². The molecule has 0 aromatic heterocycles. The van der Waals surface area contributed by atoms with Gasteiger partial charge in [0.15, 0.2) is 0 Å². The zero-order valence-corrected chi connectivity index (χ0v) is 20.0. The monoisotopic (exact) mass is 501 g/mol. The molecule has 0 unspecified atom stereocenters. The van der Waals surface area contributed by atoms with E-state index in [-0.39, 0.29) is 21.1 Å². The van der Waals surface area contributed by atoms with Crippen molar-refractivity contribution in [2.45, 2.75) is 32.1 Å². The van der Waals surface area contributed by atoms with Crippen molar-refractivity contribution in [1.29, 1.82) is 5.26 Å². The topological polar surface area (TPSA) is 23.8 Å². The number of hydrogen-bond donors (Lipinski definition) is 0. The Morgan fingerprint density at radius 3 is 1.52 bits per heavy atom. The van der Waals surface area contributed by atoms with Crippen LogP contribution in [0.5, 0.6) is 0 Å². The number of allylic oxidation sites excluding steroid dienone is 1. The van der Waals surface area contributed by atoms with Crippen LogP contribution in [0.3, 0.4) is 0 Å². The first kappa shape index (κ1) is 26.6. The zero-order valence-electron chi connectivity index (χ0n) is 16.4. The molecule has 29 heavy (non-hydrogen) atoms. The average Bonchev–Trinajstić information content (AvgIpc) is 3.53. The van der Waals surface area contributed by atoms with Gasteiger partial charge in [-0.2, -0.15) is 15.1 Å². The minimum absolute atomic E-state index is 0. The molecule has 0 N–H and O–H groups in total. The van der Waals surface area contributed by atoms with Crippen LogP contribution in [0.4, 0.5) is 0 Å². The maximum absolute atomic E-state index is 9.51. The summed E-state index contributed by atoms with van der Waals surface area (Å²) >= 11 is 11.0. The molecule has 3 saturated carbocycles. The Labute approximate surface area is 204 Å². The van der Waals surface area contributed by atoms with E-state index in [2.05, 4.69) is 6.07 Å². The maximum atomic E-state index is 9.51. The van der Waals surface area contributed by atoms with Crippen LogP contribution < -0.4 is 0 Å². The number of rotatable bonds is 2. The van der Waals surface area contributed by atoms with Gasteiger partial charge in [0.2, 0.25) is 0 Å². The van der Waals surface area contributed by atoms with Gasteiger partial charge >= 0.3 is 21.1 Å². The van der Waals surface area contributed by atoms with Gasteiger partial charge in [-0.3, -0.25) is 0 Å². The van der Waals surface area contributed by atoms with Crippen LogP contribution in [0.25, 0.3) is 4.91 Å². The summed E-state index contributed by atoms with van der Waals surface area (Å²) in [4.78, 5) is 1.35. The zero-order chi connectivity index (χ0) is 20.1. The second-order valence-electron chi connectivity index (χ2n) is 6.70. The molecule has 4 heteroatoms. The van der Waals surface area contributed by atoms with Crippen LogP contribution in [-0.2, 0) is 46.3 Å². The van der Waals surface area contributed by atoms with Crippen molar-refractivity contribution in [2.24, 2.45) is 5.41 Å². The molecule has 3 aliphatic carbocycles. The molecule has 4 rings (SSSR count). The van der Waals surface area contributed by atoms with Gasteiger partial charge in [-0.25, -0.2) is 0 Å². The van der Waals surface area contributed by atoms with Gasteiger partial charge in [-0.1, -0.05) is 49.6 Å². The molecular formula is C25H25MoNS2+2. The number of nitriles is 1. The van der Waals surface area contributed by atoms with E-state index in [1.54, 1.807) is 0 Å². The second-order valence-corrected chi connectivity index (χ2v) is 7.52. The first-order chi connectivity index (χ1) is 13.7. The Bertz CT molecular complexity index is 597. The molecule has 10 radical (unpaired) electrons. The number of nitrogens with zero attached hydrogens (tertiary/aromatic N) is 1. The van der Waals surface area contributed by atoms with Crippen molar-refractivity contribution < 1.29 is 21.1 Å². The predicted octanol–water partition coefficient (Wildman–Crippen LogP) is 5.96. The molecule has 0 aliphatic heterocycles. The van der Waals surface area contributed by atoms with E-state index in [1.807, 2.05) is 94.5 Å². The smallest absolute Gasteiger partial charge is 0.784 e. The Hall–Kier alpha value is -0.422. The molecule has 3 fully saturated rings. The fraction of sp³-hybridized carbons (Fsp3) is 0.240. The SMILES string of the molecule is N#CC1(/C([S-])=C(/[S-])c2ccccc2)CCCCC1.[CH]1[CH][CH][CH][CH]1.[CH]1[CH][CH][CH][CH]1.[Mo+4]. The minimum atomic E-state index is -0.499. The van der Waals surface area contributed by atoms with E-state index in [4.69, 9.17) is 25.3 Å².